The lowest BCUT2D eigenvalue weighted by Crippen LogP contribution is -3.61. The van der Waals surface area contributed by atoms with Gasteiger partial charge in [0.25, 0.3) is 0 Å². The second-order valence-corrected chi connectivity index (χ2v) is 21.1. The van der Waals surface area contributed by atoms with Gasteiger partial charge in [-0.15, -0.1) is 0 Å². The van der Waals surface area contributed by atoms with Crippen LogP contribution in [0.2, 0.25) is 0 Å². The van der Waals surface area contributed by atoms with Crippen LogP contribution in [0.3, 0.4) is 0 Å². The van der Waals surface area contributed by atoms with Crippen LogP contribution in [0.25, 0.3) is 11.1 Å². The number of allylic oxidation sites excluding steroid dienone is 4. The smallest absolute Gasteiger partial charge is 0.418 e. The Morgan fingerprint density at radius 3 is 0.713 bits per heavy atom. The molecule has 2 heterocycles. The molecule has 2 aliphatic carbocycles. The summed E-state index contributed by atoms with van der Waals surface area (Å²) in [6, 6.07) is -0.255. The highest BCUT2D eigenvalue weighted by atomic mass is 127. The van der Waals surface area contributed by atoms with Crippen LogP contribution in [0.5, 0.6) is 0 Å². The largest absolute Gasteiger partial charge is 0.443 e. The second kappa shape index (κ2) is 22.1. The van der Waals surface area contributed by atoms with Crippen molar-refractivity contribution < 1.29 is 135 Å². The van der Waals surface area contributed by atoms with Gasteiger partial charge in [-0.2, -0.15) is 127 Å². The van der Waals surface area contributed by atoms with Crippen molar-refractivity contribution in [2.45, 2.75) is 101 Å². The minimum atomic E-state index is -6.13. The molecule has 0 unspecified atom stereocenters. The Morgan fingerprint density at radius 1 is 0.300 bits per heavy atom. The quantitative estimate of drug-likeness (QED) is 0.0862. The molecule has 2 nitrogen and oxygen atoms in total. The highest BCUT2D eigenvalue weighted by Crippen LogP contribution is 2.42. The first kappa shape index (κ1) is 61.7. The third-order valence-corrected chi connectivity index (χ3v) is 15.2. The molecular weight excluding hydrogens is 1250 g/mol. The standard InChI is InChI=1S/C32H12BF24.C20H22IO2/c34-25(35,36)13-1-14(26(37,38)39)6-21(5-13)33(22-7-15(27(40,41)42)2-16(8-22)28(43,44)45,23-9-17(29(46,47)48)3-18(10-23)30(49,50)51)24-11-19(31(52,53)54)4-20(12-24)32(55,56)57;1-3-7-15(8-4-1)17-11-13-19(22-17)21-20-14-12-18(23-20)16-9-5-2-6-10-16/h1-12H;7,9,11-14H,1-6,8,10H2/q-1;+1. The maximum absolute atomic E-state index is 14.2. The van der Waals surface area contributed by atoms with Gasteiger partial charge in [-0.05, 0) is 98.9 Å². The lowest BCUT2D eigenvalue weighted by molar-refractivity contribution is -0.636. The van der Waals surface area contributed by atoms with Gasteiger partial charge in [-0.25, -0.2) is 0 Å². The Balaban J connectivity index is 0.000000329. The molecule has 0 radical (unpaired) electrons. The Labute approximate surface area is 446 Å². The summed E-state index contributed by atoms with van der Waals surface area (Å²) in [6.45, 7) is 0. The molecule has 4 aromatic carbocycles. The summed E-state index contributed by atoms with van der Waals surface area (Å²) in [4.78, 5) is 0. The zero-order chi connectivity index (χ0) is 59.4. The van der Waals surface area contributed by atoms with Crippen molar-refractivity contribution in [1.82, 2.24) is 0 Å². The summed E-state index contributed by atoms with van der Waals surface area (Å²) in [5.74, 6) is 2.14. The normalized spacial score (nSPS) is 15.6. The molecule has 0 fully saturated rings. The highest BCUT2D eigenvalue weighted by molar-refractivity contribution is 7.20. The zero-order valence-corrected chi connectivity index (χ0v) is 42.0. The van der Waals surface area contributed by atoms with Gasteiger partial charge < -0.3 is 8.83 Å². The van der Waals surface area contributed by atoms with Crippen LogP contribution >= 0.6 is 0 Å². The summed E-state index contributed by atoms with van der Waals surface area (Å²) < 4.78 is 355. The zero-order valence-electron chi connectivity index (χ0n) is 39.9. The number of hydrogen-bond acceptors (Lipinski definition) is 2. The lowest BCUT2D eigenvalue weighted by atomic mass is 9.12. The molecule has 0 amide bonds. The fraction of sp³-hybridized carbons (Fsp3) is 0.308. The summed E-state index contributed by atoms with van der Waals surface area (Å²) >= 11 is -0.363. The van der Waals surface area contributed by atoms with Crippen molar-refractivity contribution in [3.05, 3.63) is 173 Å². The van der Waals surface area contributed by atoms with E-state index in [2.05, 4.69) is 36.4 Å². The summed E-state index contributed by atoms with van der Waals surface area (Å²) in [7, 11) is 0. The molecule has 0 saturated carbocycles. The third-order valence-electron chi connectivity index (χ3n) is 13.0. The van der Waals surface area contributed by atoms with Crippen LogP contribution in [0.1, 0.15) is 107 Å². The van der Waals surface area contributed by atoms with Crippen LogP contribution < -0.4 is 43.1 Å². The fourth-order valence-corrected chi connectivity index (χ4v) is 11.3. The van der Waals surface area contributed by atoms with E-state index in [1.807, 2.05) is 0 Å². The van der Waals surface area contributed by atoms with Crippen LogP contribution in [0, 0.1) is 7.53 Å². The predicted molar refractivity (Wildman–Crippen MR) is 238 cm³/mol. The SMILES string of the molecule is C1=C(c2ccc([I+]c3ccc(C4=CCCCC4)o3)o2)CCCC1.FC(F)(F)c1cc([B-](c2cc(C(F)(F)F)cc(C(F)(F)F)c2)(c2cc(C(F)(F)F)cc(C(F)(F)F)c2)c2cc(C(F)(F)F)cc(C(F)(F)F)c2)cc(C(F)(F)F)c1. The average Bonchev–Trinajstić information content (AvgIpc) is 4.03. The van der Waals surface area contributed by atoms with Gasteiger partial charge in [-0.1, -0.05) is 60.7 Å². The molecule has 6 aromatic rings. The molecule has 0 saturated heterocycles. The maximum atomic E-state index is 14.2. The van der Waals surface area contributed by atoms with E-state index in [-0.39, 0.29) is 21.2 Å². The second-order valence-electron chi connectivity index (χ2n) is 18.5. The molecule has 0 spiro atoms. The lowest BCUT2D eigenvalue weighted by Gasteiger charge is -2.46. The third kappa shape index (κ3) is 14.2. The molecule has 80 heavy (non-hydrogen) atoms. The van der Waals surface area contributed by atoms with Gasteiger partial charge in [0.2, 0.25) is 0 Å². The van der Waals surface area contributed by atoms with Crippen LogP contribution in [0.4, 0.5) is 105 Å². The summed E-state index contributed by atoms with van der Waals surface area (Å²) in [5, 5.41) is 0. The first-order valence-corrected chi connectivity index (χ1v) is 25.4. The fourth-order valence-electron chi connectivity index (χ4n) is 9.36. The Hall–Kier alpha value is -5.97. The Bertz CT molecular complexity index is 2760. The molecule has 0 aliphatic heterocycles. The summed E-state index contributed by atoms with van der Waals surface area (Å²) in [6.07, 6.45) is -40.2. The van der Waals surface area contributed by atoms with Gasteiger partial charge in [0.1, 0.15) is 17.7 Å². The molecule has 2 aromatic heterocycles. The molecule has 28 heteroatoms. The molecular formula is C52H34BF24IO2. The first-order valence-electron chi connectivity index (χ1n) is 23.2. The van der Waals surface area contributed by atoms with Crippen LogP contribution in [0.15, 0.2) is 118 Å². The first-order chi connectivity index (χ1) is 36.6. The number of benzene rings is 4. The number of hydrogen-bond donors (Lipinski definition) is 0. The molecule has 0 bridgehead atoms. The highest BCUT2D eigenvalue weighted by Gasteiger charge is 2.47. The van der Waals surface area contributed by atoms with E-state index in [4.69, 9.17) is 8.83 Å². The number of halogens is 25. The topological polar surface area (TPSA) is 26.3 Å². The van der Waals surface area contributed by atoms with E-state index in [0.29, 0.717) is 0 Å². The van der Waals surface area contributed by atoms with Crippen molar-refractivity contribution in [2.75, 3.05) is 0 Å². The van der Waals surface area contributed by atoms with Crippen molar-refractivity contribution in [3.63, 3.8) is 0 Å². The van der Waals surface area contributed by atoms with E-state index < -0.39 is 195 Å². The van der Waals surface area contributed by atoms with Crippen molar-refractivity contribution >= 4 is 39.1 Å². The Kier molecular flexibility index (Phi) is 17.0. The van der Waals surface area contributed by atoms with Gasteiger partial charge in [0.05, 0.1) is 44.5 Å². The van der Waals surface area contributed by atoms with Crippen molar-refractivity contribution in [2.24, 2.45) is 0 Å². The van der Waals surface area contributed by atoms with Crippen LogP contribution in [-0.4, -0.2) is 6.15 Å². The Morgan fingerprint density at radius 2 is 0.525 bits per heavy atom. The number of alkyl halides is 24. The van der Waals surface area contributed by atoms with Crippen LogP contribution in [-0.2, 0) is 49.4 Å². The van der Waals surface area contributed by atoms with Crippen molar-refractivity contribution in [1.29, 1.82) is 0 Å². The molecule has 2 aliphatic rings. The van der Waals surface area contributed by atoms with Gasteiger partial charge in [0, 0.05) is 12.1 Å². The van der Waals surface area contributed by atoms with E-state index in [0.717, 1.165) is 31.9 Å². The minimum Gasteiger partial charge on any atom is -0.418 e. The average molecular weight is 1280 g/mol. The van der Waals surface area contributed by atoms with Gasteiger partial charge in [0.15, 0.2) is 0 Å². The summed E-state index contributed by atoms with van der Waals surface area (Å²) in [5.41, 5.74) is -27.4. The molecule has 8 rings (SSSR count). The van der Waals surface area contributed by atoms with E-state index >= 15 is 0 Å². The van der Waals surface area contributed by atoms with Gasteiger partial charge >= 0.3 is 78.1 Å². The van der Waals surface area contributed by atoms with E-state index in [1.54, 1.807) is 0 Å². The van der Waals surface area contributed by atoms with E-state index in [9.17, 15) is 105 Å². The number of furan rings is 2. The van der Waals surface area contributed by atoms with Crippen molar-refractivity contribution in [3.8, 4) is 0 Å². The monoisotopic (exact) mass is 1280 g/mol. The van der Waals surface area contributed by atoms with E-state index in [1.165, 1.54) is 49.7 Å². The van der Waals surface area contributed by atoms with Gasteiger partial charge in [-0.3, -0.25) is 0 Å². The number of rotatable bonds is 8. The molecule has 0 N–H and O–H groups in total. The molecule has 432 valence electrons. The predicted octanol–water partition coefficient (Wildman–Crippen LogP) is 14.1. The maximum Gasteiger partial charge on any atom is 0.443 e. The minimum absolute atomic E-state index is 0.363. The molecule has 0 atom stereocenters.